The molecule has 0 aliphatic carbocycles. The molecule has 2 heterocycles. The minimum absolute atomic E-state index is 0.0134. The Morgan fingerprint density at radius 1 is 1.19 bits per heavy atom. The Hall–Kier alpha value is -1.50. The molecule has 0 bridgehead atoms. The van der Waals surface area contributed by atoms with Crippen molar-refractivity contribution < 1.29 is 13.6 Å². The SMILES string of the molecule is Cc1cc2nnc(P(=O)(OC(C)C)OC(C)C)c(N)n2n1. The largest absolute Gasteiger partial charge is 0.385 e. The van der Waals surface area contributed by atoms with Crippen molar-refractivity contribution in [3.05, 3.63) is 11.8 Å². The molecule has 0 saturated carbocycles. The third-order valence-corrected chi connectivity index (χ3v) is 4.71. The van der Waals surface area contributed by atoms with Crippen LogP contribution in [0.1, 0.15) is 33.4 Å². The van der Waals surface area contributed by atoms with E-state index in [0.717, 1.165) is 5.69 Å². The highest BCUT2D eigenvalue weighted by Crippen LogP contribution is 2.49. The van der Waals surface area contributed by atoms with Gasteiger partial charge in [0.15, 0.2) is 11.5 Å². The van der Waals surface area contributed by atoms with Gasteiger partial charge in [-0.05, 0) is 34.6 Å². The van der Waals surface area contributed by atoms with Gasteiger partial charge in [-0.25, -0.2) is 0 Å². The molecule has 2 N–H and O–H groups in total. The minimum Gasteiger partial charge on any atom is -0.381 e. The normalized spacial score (nSPS) is 12.7. The van der Waals surface area contributed by atoms with E-state index in [0.29, 0.717) is 5.65 Å². The fourth-order valence-corrected chi connectivity index (χ4v) is 3.74. The van der Waals surface area contributed by atoms with Crippen molar-refractivity contribution in [2.75, 3.05) is 5.73 Å². The van der Waals surface area contributed by atoms with Crippen LogP contribution in [0.5, 0.6) is 0 Å². The number of hydrogen-bond donors (Lipinski definition) is 1. The molecule has 0 atom stereocenters. The molecule has 0 radical (unpaired) electrons. The number of nitrogen functional groups attached to an aromatic ring is 1. The van der Waals surface area contributed by atoms with Crippen LogP contribution in [0, 0.1) is 6.92 Å². The summed E-state index contributed by atoms with van der Waals surface area (Å²) in [5, 5.41) is 12.1. The number of fused-ring (bicyclic) bond motifs is 1. The Balaban J connectivity index is 2.59. The van der Waals surface area contributed by atoms with E-state index in [1.807, 2.05) is 6.92 Å². The molecule has 116 valence electrons. The zero-order valence-electron chi connectivity index (χ0n) is 12.8. The first-order valence-corrected chi connectivity index (χ1v) is 8.23. The van der Waals surface area contributed by atoms with E-state index >= 15 is 0 Å². The Morgan fingerprint density at radius 3 is 2.29 bits per heavy atom. The summed E-state index contributed by atoms with van der Waals surface area (Å²) in [6.45, 7) is 8.85. The predicted octanol–water partition coefficient (Wildman–Crippen LogP) is 1.68. The zero-order chi connectivity index (χ0) is 15.8. The summed E-state index contributed by atoms with van der Waals surface area (Å²) in [6.07, 6.45) is -0.628. The maximum Gasteiger partial charge on any atom is 0.385 e. The van der Waals surface area contributed by atoms with Crippen molar-refractivity contribution in [2.24, 2.45) is 0 Å². The van der Waals surface area contributed by atoms with Gasteiger partial charge in [-0.2, -0.15) is 9.61 Å². The number of anilines is 1. The molecule has 0 amide bonds. The van der Waals surface area contributed by atoms with E-state index in [1.54, 1.807) is 33.8 Å². The van der Waals surface area contributed by atoms with Gasteiger partial charge >= 0.3 is 7.60 Å². The predicted molar refractivity (Wildman–Crippen MR) is 79.6 cm³/mol. The number of nitrogens with two attached hydrogens (primary N) is 1. The molecule has 8 nitrogen and oxygen atoms in total. The fraction of sp³-hybridized carbons (Fsp3) is 0.583. The van der Waals surface area contributed by atoms with Crippen LogP contribution in [0.3, 0.4) is 0 Å². The molecule has 0 spiro atoms. The van der Waals surface area contributed by atoms with Crippen LogP contribution in [0.4, 0.5) is 5.82 Å². The van der Waals surface area contributed by atoms with Gasteiger partial charge in [-0.1, -0.05) is 0 Å². The number of rotatable bonds is 5. The van der Waals surface area contributed by atoms with Crippen LogP contribution < -0.4 is 11.2 Å². The lowest BCUT2D eigenvalue weighted by Crippen LogP contribution is -2.25. The Kier molecular flexibility index (Phi) is 4.32. The maximum absolute atomic E-state index is 13.0. The van der Waals surface area contributed by atoms with Crippen molar-refractivity contribution in [1.82, 2.24) is 19.8 Å². The van der Waals surface area contributed by atoms with Crippen LogP contribution in [-0.2, 0) is 13.6 Å². The van der Waals surface area contributed by atoms with Crippen LogP contribution in [0.15, 0.2) is 6.07 Å². The smallest absolute Gasteiger partial charge is 0.381 e. The van der Waals surface area contributed by atoms with Crippen LogP contribution in [0.2, 0.25) is 0 Å². The molecule has 9 heteroatoms. The minimum atomic E-state index is -3.68. The number of hydrogen-bond acceptors (Lipinski definition) is 7. The Morgan fingerprint density at radius 2 is 1.76 bits per heavy atom. The summed E-state index contributed by atoms with van der Waals surface area (Å²) in [4.78, 5) is 0. The number of aryl methyl sites for hydroxylation is 1. The second kappa shape index (κ2) is 5.71. The topological polar surface area (TPSA) is 105 Å². The fourth-order valence-electron chi connectivity index (χ4n) is 1.85. The van der Waals surface area contributed by atoms with Crippen molar-refractivity contribution >= 4 is 24.5 Å². The summed E-state index contributed by atoms with van der Waals surface area (Å²) in [5.41, 5.74) is 7.24. The quantitative estimate of drug-likeness (QED) is 0.837. The third kappa shape index (κ3) is 3.23. The van der Waals surface area contributed by atoms with E-state index < -0.39 is 7.60 Å². The van der Waals surface area contributed by atoms with E-state index in [-0.39, 0.29) is 23.5 Å². The van der Waals surface area contributed by atoms with Crippen LogP contribution >= 0.6 is 7.60 Å². The molecule has 0 fully saturated rings. The molecular formula is C12H20N5O3P. The first-order valence-electron chi connectivity index (χ1n) is 6.69. The van der Waals surface area contributed by atoms with E-state index in [2.05, 4.69) is 15.3 Å². The summed E-state index contributed by atoms with van der Waals surface area (Å²) < 4.78 is 25.4. The van der Waals surface area contributed by atoms with Gasteiger partial charge in [0.05, 0.1) is 17.9 Å². The van der Waals surface area contributed by atoms with Crippen LogP contribution in [-0.4, -0.2) is 32.0 Å². The van der Waals surface area contributed by atoms with Gasteiger partial charge in [0, 0.05) is 6.07 Å². The first-order chi connectivity index (χ1) is 9.73. The summed E-state index contributed by atoms with van der Waals surface area (Å²) in [7, 11) is -3.68. The second-order valence-electron chi connectivity index (χ2n) is 5.27. The zero-order valence-corrected chi connectivity index (χ0v) is 13.7. The average Bonchev–Trinajstić information content (AvgIpc) is 2.68. The standard InChI is InChI=1S/C12H20N5O3P/c1-7(2)19-21(18,20-8(3)4)12-11(13)17-10(14-15-12)6-9(5)16-17/h6-8H,13H2,1-5H3. The highest BCUT2D eigenvalue weighted by atomic mass is 31.2. The van der Waals surface area contributed by atoms with E-state index in [4.69, 9.17) is 14.8 Å². The second-order valence-corrected chi connectivity index (χ2v) is 7.11. The molecule has 2 aromatic rings. The summed E-state index contributed by atoms with van der Waals surface area (Å²) in [6, 6.07) is 1.73. The maximum atomic E-state index is 13.0. The monoisotopic (exact) mass is 313 g/mol. The first kappa shape index (κ1) is 15.9. The molecule has 21 heavy (non-hydrogen) atoms. The van der Waals surface area contributed by atoms with Gasteiger partial charge in [0.2, 0.25) is 5.44 Å². The van der Waals surface area contributed by atoms with Crippen molar-refractivity contribution in [2.45, 2.75) is 46.8 Å². The lowest BCUT2D eigenvalue weighted by Gasteiger charge is -2.22. The highest BCUT2D eigenvalue weighted by Gasteiger charge is 2.36. The molecule has 2 aromatic heterocycles. The van der Waals surface area contributed by atoms with Gasteiger partial charge in [-0.15, -0.1) is 10.2 Å². The number of aromatic nitrogens is 4. The molecule has 0 unspecified atom stereocenters. The molecule has 0 saturated heterocycles. The third-order valence-electron chi connectivity index (χ3n) is 2.48. The van der Waals surface area contributed by atoms with Gasteiger partial charge < -0.3 is 14.8 Å². The number of nitrogens with zero attached hydrogens (tertiary/aromatic N) is 4. The molecule has 0 aliphatic rings. The lowest BCUT2D eigenvalue weighted by atomic mass is 10.5. The highest BCUT2D eigenvalue weighted by molar-refractivity contribution is 7.62. The molecule has 2 rings (SSSR count). The van der Waals surface area contributed by atoms with Crippen molar-refractivity contribution in [3.8, 4) is 0 Å². The Labute approximate surface area is 123 Å². The van der Waals surface area contributed by atoms with E-state index in [1.165, 1.54) is 4.52 Å². The molecular weight excluding hydrogens is 293 g/mol. The van der Waals surface area contributed by atoms with Gasteiger partial charge in [-0.3, -0.25) is 4.57 Å². The van der Waals surface area contributed by atoms with E-state index in [9.17, 15) is 4.57 Å². The van der Waals surface area contributed by atoms with Crippen LogP contribution in [0.25, 0.3) is 5.65 Å². The summed E-state index contributed by atoms with van der Waals surface area (Å²) in [5.74, 6) is 0.109. The van der Waals surface area contributed by atoms with Crippen molar-refractivity contribution in [1.29, 1.82) is 0 Å². The molecule has 0 aliphatic heterocycles. The van der Waals surface area contributed by atoms with Gasteiger partial charge in [0.25, 0.3) is 0 Å². The summed E-state index contributed by atoms with van der Waals surface area (Å²) >= 11 is 0. The van der Waals surface area contributed by atoms with Gasteiger partial charge in [0.1, 0.15) is 0 Å². The van der Waals surface area contributed by atoms with Crippen molar-refractivity contribution in [3.63, 3.8) is 0 Å². The molecule has 0 aromatic carbocycles. The Bertz CT molecular complexity index is 684. The lowest BCUT2D eigenvalue weighted by molar-refractivity contribution is 0.149. The average molecular weight is 313 g/mol.